The van der Waals surface area contributed by atoms with E-state index in [1.807, 2.05) is 0 Å². The van der Waals surface area contributed by atoms with Crippen molar-refractivity contribution in [2.24, 2.45) is 5.10 Å². The highest BCUT2D eigenvalue weighted by Crippen LogP contribution is 2.42. The second-order valence-electron chi connectivity index (χ2n) is 6.01. The molecule has 0 fully saturated rings. The lowest BCUT2D eigenvalue weighted by molar-refractivity contribution is -0.303. The molecule has 0 spiro atoms. The molecule has 3 rings (SSSR count). The molecule has 1 heterocycles. The number of nitrogens with zero attached hydrogens (tertiary/aromatic N) is 2. The van der Waals surface area contributed by atoms with Crippen molar-refractivity contribution in [3.05, 3.63) is 70.7 Å². The topological polar surface area (TPSA) is 73.1 Å². The van der Waals surface area contributed by atoms with Crippen LogP contribution in [-0.2, 0) is 4.79 Å². The summed E-state index contributed by atoms with van der Waals surface area (Å²) in [5, 5.41) is 24.4. The lowest BCUT2D eigenvalue weighted by Gasteiger charge is -2.33. The molecule has 0 aromatic heterocycles. The van der Waals surface area contributed by atoms with Crippen LogP contribution < -0.4 is 0 Å². The van der Waals surface area contributed by atoms with E-state index in [4.69, 9.17) is 11.6 Å². The molecule has 1 amide bonds. The summed E-state index contributed by atoms with van der Waals surface area (Å²) in [5.74, 6) is -1.38. The number of amides is 1. The average molecular weight is 399 g/mol. The van der Waals surface area contributed by atoms with E-state index in [0.717, 1.165) is 0 Å². The van der Waals surface area contributed by atoms with E-state index < -0.39 is 30.3 Å². The van der Waals surface area contributed by atoms with Crippen molar-refractivity contribution in [2.45, 2.75) is 24.4 Å². The van der Waals surface area contributed by atoms with Gasteiger partial charge >= 0.3 is 6.18 Å². The normalized spacial score (nSPS) is 21.1. The lowest BCUT2D eigenvalue weighted by Crippen LogP contribution is -2.57. The first kappa shape index (κ1) is 19.3. The summed E-state index contributed by atoms with van der Waals surface area (Å²) < 4.78 is 40.7. The lowest BCUT2D eigenvalue weighted by atomic mass is 10.00. The fourth-order valence-corrected chi connectivity index (χ4v) is 2.82. The largest absolute Gasteiger partial charge is 0.438 e. The molecule has 0 radical (unpaired) electrons. The quantitative estimate of drug-likeness (QED) is 0.833. The molecule has 27 heavy (non-hydrogen) atoms. The van der Waals surface area contributed by atoms with Gasteiger partial charge in [-0.3, -0.25) is 4.79 Å². The van der Waals surface area contributed by atoms with E-state index in [0.29, 0.717) is 5.02 Å². The average Bonchev–Trinajstić information content (AvgIpc) is 3.00. The Balaban J connectivity index is 2.00. The maximum absolute atomic E-state index is 13.6. The summed E-state index contributed by atoms with van der Waals surface area (Å²) in [7, 11) is 0. The molecule has 0 bridgehead atoms. The van der Waals surface area contributed by atoms with E-state index in [9.17, 15) is 28.2 Å². The van der Waals surface area contributed by atoms with E-state index in [1.54, 1.807) is 6.07 Å². The molecule has 9 heteroatoms. The van der Waals surface area contributed by atoms with Crippen molar-refractivity contribution < 1.29 is 28.2 Å². The number of carbonyl (C=O) groups is 1. The molecule has 5 nitrogen and oxygen atoms in total. The second-order valence-corrected chi connectivity index (χ2v) is 6.44. The zero-order chi connectivity index (χ0) is 19.8. The number of hydrazone groups is 1. The highest BCUT2D eigenvalue weighted by molar-refractivity contribution is 6.30. The van der Waals surface area contributed by atoms with Gasteiger partial charge in [0.1, 0.15) is 0 Å². The van der Waals surface area contributed by atoms with Crippen LogP contribution in [0.15, 0.2) is 59.7 Å². The van der Waals surface area contributed by atoms with Gasteiger partial charge in [0.25, 0.3) is 11.6 Å². The maximum Gasteiger partial charge on any atom is 0.438 e. The smallest absolute Gasteiger partial charge is 0.378 e. The minimum absolute atomic E-state index is 0.0853. The van der Waals surface area contributed by atoms with Crippen LogP contribution in [0, 0.1) is 0 Å². The molecular weight excluding hydrogens is 385 g/mol. The van der Waals surface area contributed by atoms with Crippen molar-refractivity contribution in [2.75, 3.05) is 0 Å². The Hall–Kier alpha value is -2.42. The summed E-state index contributed by atoms with van der Waals surface area (Å²) in [6.07, 6.45) is -8.06. The fraction of sp³-hybridized carbons (Fsp3) is 0.222. The first-order valence-electron chi connectivity index (χ1n) is 7.83. The number of aliphatic hydroxyl groups is 2. The Labute approximate surface area is 157 Å². The van der Waals surface area contributed by atoms with Gasteiger partial charge in [0.05, 0.1) is 12.1 Å². The van der Waals surface area contributed by atoms with Gasteiger partial charge in [-0.25, -0.2) is 0 Å². The molecule has 0 unspecified atom stereocenters. The van der Waals surface area contributed by atoms with Crippen molar-refractivity contribution in [1.29, 1.82) is 0 Å². The van der Waals surface area contributed by atoms with E-state index in [-0.39, 0.29) is 21.8 Å². The van der Waals surface area contributed by atoms with Gasteiger partial charge in [-0.1, -0.05) is 54.1 Å². The SMILES string of the molecule is O=C([C@@H](O)c1ccccc1)N1N=C(c2ccc(Cl)cc2)C[C@@]1(O)C(F)(F)F. The van der Waals surface area contributed by atoms with Crippen LogP contribution in [0.5, 0.6) is 0 Å². The summed E-state index contributed by atoms with van der Waals surface area (Å²) in [6.45, 7) is 0. The van der Waals surface area contributed by atoms with Gasteiger partial charge in [-0.15, -0.1) is 0 Å². The Morgan fingerprint density at radius 3 is 2.30 bits per heavy atom. The number of carbonyl (C=O) groups excluding carboxylic acids is 1. The molecule has 0 saturated heterocycles. The van der Waals surface area contributed by atoms with Crippen LogP contribution in [0.4, 0.5) is 13.2 Å². The monoisotopic (exact) mass is 398 g/mol. The third-order valence-electron chi connectivity index (χ3n) is 4.17. The molecular formula is C18H14ClF3N2O3. The minimum Gasteiger partial charge on any atom is -0.378 e. The molecule has 142 valence electrons. The van der Waals surface area contributed by atoms with E-state index >= 15 is 0 Å². The van der Waals surface area contributed by atoms with Crippen molar-refractivity contribution in [3.63, 3.8) is 0 Å². The van der Waals surface area contributed by atoms with Crippen LogP contribution in [0.2, 0.25) is 5.02 Å². The van der Waals surface area contributed by atoms with Gasteiger partial charge < -0.3 is 10.2 Å². The van der Waals surface area contributed by atoms with Crippen molar-refractivity contribution >= 4 is 23.2 Å². The van der Waals surface area contributed by atoms with Crippen LogP contribution in [0.3, 0.4) is 0 Å². The van der Waals surface area contributed by atoms with Gasteiger partial charge in [-0.05, 0) is 23.3 Å². The number of hydrogen-bond donors (Lipinski definition) is 2. The van der Waals surface area contributed by atoms with E-state index in [1.165, 1.54) is 48.5 Å². The molecule has 1 aliphatic heterocycles. The summed E-state index contributed by atoms with van der Waals surface area (Å²) in [5.41, 5.74) is -3.36. The third kappa shape index (κ3) is 3.55. The highest BCUT2D eigenvalue weighted by atomic mass is 35.5. The first-order chi connectivity index (χ1) is 12.6. The van der Waals surface area contributed by atoms with Crippen LogP contribution in [0.1, 0.15) is 23.7 Å². The molecule has 2 aromatic carbocycles. The van der Waals surface area contributed by atoms with Gasteiger partial charge in [0.2, 0.25) is 0 Å². The van der Waals surface area contributed by atoms with Crippen LogP contribution in [0.25, 0.3) is 0 Å². The predicted molar refractivity (Wildman–Crippen MR) is 91.9 cm³/mol. The Morgan fingerprint density at radius 2 is 1.74 bits per heavy atom. The van der Waals surface area contributed by atoms with Gasteiger partial charge in [0, 0.05) is 5.02 Å². The van der Waals surface area contributed by atoms with Crippen molar-refractivity contribution in [3.8, 4) is 0 Å². The fourth-order valence-electron chi connectivity index (χ4n) is 2.69. The Bertz CT molecular complexity index is 872. The zero-order valence-electron chi connectivity index (χ0n) is 13.7. The van der Waals surface area contributed by atoms with Crippen LogP contribution >= 0.6 is 11.6 Å². The highest BCUT2D eigenvalue weighted by Gasteiger charge is 2.63. The standard InChI is InChI=1S/C18H14ClF3N2O3/c19-13-8-6-11(7-9-13)14-10-17(27,18(20,21)22)24(23-14)16(26)15(25)12-4-2-1-3-5-12/h1-9,15,25,27H,10H2/t15-,17+/m0/s1. The van der Waals surface area contributed by atoms with Gasteiger partial charge in [-0.2, -0.15) is 23.3 Å². The van der Waals surface area contributed by atoms with Crippen molar-refractivity contribution in [1.82, 2.24) is 5.01 Å². The zero-order valence-corrected chi connectivity index (χ0v) is 14.4. The number of aliphatic hydroxyl groups excluding tert-OH is 1. The molecule has 0 saturated carbocycles. The van der Waals surface area contributed by atoms with E-state index in [2.05, 4.69) is 5.10 Å². The van der Waals surface area contributed by atoms with Crippen LogP contribution in [-0.4, -0.2) is 38.7 Å². The number of rotatable bonds is 3. The molecule has 0 aliphatic carbocycles. The summed E-state index contributed by atoms with van der Waals surface area (Å²) in [4.78, 5) is 12.5. The predicted octanol–water partition coefficient (Wildman–Crippen LogP) is 3.26. The molecule has 1 aliphatic rings. The Kier molecular flexibility index (Phi) is 4.98. The molecule has 2 aromatic rings. The summed E-state index contributed by atoms with van der Waals surface area (Å²) in [6, 6.07) is 13.2. The number of alkyl halides is 3. The third-order valence-corrected chi connectivity index (χ3v) is 4.43. The molecule has 2 N–H and O–H groups in total. The van der Waals surface area contributed by atoms with Gasteiger partial charge in [0.15, 0.2) is 6.10 Å². The maximum atomic E-state index is 13.6. The number of benzene rings is 2. The second kappa shape index (κ2) is 6.95. The molecule has 2 atom stereocenters. The number of hydrogen-bond acceptors (Lipinski definition) is 4. The Morgan fingerprint density at radius 1 is 1.15 bits per heavy atom. The summed E-state index contributed by atoms with van der Waals surface area (Å²) >= 11 is 5.77. The minimum atomic E-state index is -5.18. The number of halogens is 4. The first-order valence-corrected chi connectivity index (χ1v) is 8.21.